The van der Waals surface area contributed by atoms with Gasteiger partial charge in [-0.25, -0.2) is 5.43 Å². The van der Waals surface area contributed by atoms with Gasteiger partial charge in [0.1, 0.15) is 5.69 Å². The van der Waals surface area contributed by atoms with E-state index >= 15 is 0 Å². The van der Waals surface area contributed by atoms with Crippen molar-refractivity contribution in [2.24, 2.45) is 5.10 Å². The number of nitrogens with one attached hydrogen (secondary N) is 2. The molecule has 2 amide bonds. The van der Waals surface area contributed by atoms with Gasteiger partial charge in [0.15, 0.2) is 0 Å². The summed E-state index contributed by atoms with van der Waals surface area (Å²) in [5, 5.41) is 6.81. The number of carbonyl (C=O) groups is 2. The van der Waals surface area contributed by atoms with E-state index in [4.69, 9.17) is 11.6 Å². The predicted octanol–water partition coefficient (Wildman–Crippen LogP) is 1.62. The minimum absolute atomic E-state index is 0.192. The SMILES string of the molecule is O=C(CNC(=O)c1ccccn1)NN=Cc1cccc(Cl)c1. The molecule has 1 aromatic heterocycles. The Balaban J connectivity index is 1.77. The number of pyridine rings is 1. The molecular formula is C15H13ClN4O2. The Hall–Kier alpha value is -2.73. The zero-order chi connectivity index (χ0) is 15.8. The average molecular weight is 317 g/mol. The van der Waals surface area contributed by atoms with Crippen LogP contribution in [0.1, 0.15) is 16.1 Å². The van der Waals surface area contributed by atoms with E-state index in [-0.39, 0.29) is 12.2 Å². The van der Waals surface area contributed by atoms with Gasteiger partial charge in [-0.15, -0.1) is 0 Å². The van der Waals surface area contributed by atoms with Crippen molar-refractivity contribution in [3.63, 3.8) is 0 Å². The van der Waals surface area contributed by atoms with Gasteiger partial charge in [-0.2, -0.15) is 5.10 Å². The zero-order valence-electron chi connectivity index (χ0n) is 11.5. The van der Waals surface area contributed by atoms with Crippen LogP contribution in [-0.2, 0) is 4.79 Å². The first-order valence-corrected chi connectivity index (χ1v) is 6.79. The summed E-state index contributed by atoms with van der Waals surface area (Å²) in [6.07, 6.45) is 2.97. The number of hydrogen-bond acceptors (Lipinski definition) is 4. The molecule has 0 saturated heterocycles. The maximum atomic E-state index is 11.7. The van der Waals surface area contributed by atoms with Gasteiger partial charge >= 0.3 is 0 Å². The molecule has 0 radical (unpaired) electrons. The quantitative estimate of drug-likeness (QED) is 0.649. The number of nitrogens with zero attached hydrogens (tertiary/aromatic N) is 2. The molecule has 0 spiro atoms. The molecule has 1 aromatic carbocycles. The zero-order valence-corrected chi connectivity index (χ0v) is 12.2. The maximum absolute atomic E-state index is 11.7. The Morgan fingerprint density at radius 1 is 1.23 bits per heavy atom. The van der Waals surface area contributed by atoms with Gasteiger partial charge in [0.2, 0.25) is 0 Å². The van der Waals surface area contributed by atoms with Crippen molar-refractivity contribution in [3.05, 3.63) is 64.9 Å². The molecule has 2 rings (SSSR count). The van der Waals surface area contributed by atoms with Crippen LogP contribution < -0.4 is 10.7 Å². The van der Waals surface area contributed by atoms with Crippen LogP contribution in [0.2, 0.25) is 5.02 Å². The van der Waals surface area contributed by atoms with E-state index in [1.54, 1.807) is 42.5 Å². The van der Waals surface area contributed by atoms with Crippen LogP contribution >= 0.6 is 11.6 Å². The molecule has 0 fully saturated rings. The molecule has 0 aliphatic carbocycles. The van der Waals surface area contributed by atoms with Crippen molar-refractivity contribution >= 4 is 29.6 Å². The number of amides is 2. The van der Waals surface area contributed by atoms with Gasteiger partial charge < -0.3 is 5.32 Å². The number of hydrogen-bond donors (Lipinski definition) is 2. The molecule has 1 heterocycles. The average Bonchev–Trinajstić information content (AvgIpc) is 2.53. The van der Waals surface area contributed by atoms with E-state index in [1.807, 2.05) is 0 Å². The minimum atomic E-state index is -0.442. The third-order valence-corrected chi connectivity index (χ3v) is 2.79. The van der Waals surface area contributed by atoms with E-state index in [2.05, 4.69) is 20.8 Å². The van der Waals surface area contributed by atoms with Crippen LogP contribution in [0.15, 0.2) is 53.8 Å². The van der Waals surface area contributed by atoms with Gasteiger partial charge in [-0.05, 0) is 29.8 Å². The van der Waals surface area contributed by atoms with E-state index in [1.165, 1.54) is 12.4 Å². The highest BCUT2D eigenvalue weighted by Gasteiger charge is 2.07. The lowest BCUT2D eigenvalue weighted by molar-refractivity contribution is -0.120. The van der Waals surface area contributed by atoms with Crippen LogP contribution in [0.3, 0.4) is 0 Å². The second-order valence-corrected chi connectivity index (χ2v) is 4.68. The number of benzene rings is 1. The number of carbonyl (C=O) groups excluding carboxylic acids is 2. The second-order valence-electron chi connectivity index (χ2n) is 4.25. The van der Waals surface area contributed by atoms with Crippen molar-refractivity contribution < 1.29 is 9.59 Å². The Bertz CT molecular complexity index is 689. The lowest BCUT2D eigenvalue weighted by Gasteiger charge is -2.03. The van der Waals surface area contributed by atoms with Crippen LogP contribution in [0.25, 0.3) is 0 Å². The molecule has 0 aliphatic heterocycles. The molecule has 0 bridgehead atoms. The van der Waals surface area contributed by atoms with Crippen LogP contribution in [-0.4, -0.2) is 29.6 Å². The fourth-order valence-electron chi connectivity index (χ4n) is 1.55. The molecule has 7 heteroatoms. The predicted molar refractivity (Wildman–Crippen MR) is 83.8 cm³/mol. The number of rotatable bonds is 5. The van der Waals surface area contributed by atoms with Crippen molar-refractivity contribution in [2.45, 2.75) is 0 Å². The first-order valence-electron chi connectivity index (χ1n) is 6.42. The van der Waals surface area contributed by atoms with Crippen LogP contribution in [0.4, 0.5) is 0 Å². The summed E-state index contributed by atoms with van der Waals surface area (Å²) < 4.78 is 0. The molecule has 2 N–H and O–H groups in total. The van der Waals surface area contributed by atoms with Gasteiger partial charge in [0.05, 0.1) is 12.8 Å². The Labute approximate surface area is 132 Å². The number of halogens is 1. The summed E-state index contributed by atoms with van der Waals surface area (Å²) in [6.45, 7) is -0.192. The summed E-state index contributed by atoms with van der Waals surface area (Å²) in [7, 11) is 0. The van der Waals surface area contributed by atoms with E-state index in [0.717, 1.165) is 5.56 Å². The fraction of sp³-hybridized carbons (Fsp3) is 0.0667. The summed E-state index contributed by atoms with van der Waals surface area (Å²) >= 11 is 5.83. The van der Waals surface area contributed by atoms with Crippen LogP contribution in [0, 0.1) is 0 Å². The largest absolute Gasteiger partial charge is 0.342 e. The van der Waals surface area contributed by atoms with Gasteiger partial charge in [0.25, 0.3) is 11.8 Å². The first kappa shape index (κ1) is 15.7. The second kappa shape index (κ2) is 7.90. The molecular weight excluding hydrogens is 304 g/mol. The number of aromatic nitrogens is 1. The third-order valence-electron chi connectivity index (χ3n) is 2.56. The Morgan fingerprint density at radius 2 is 2.09 bits per heavy atom. The van der Waals surface area contributed by atoms with Crippen LogP contribution in [0.5, 0.6) is 0 Å². The van der Waals surface area contributed by atoms with E-state index < -0.39 is 11.8 Å². The highest BCUT2D eigenvalue weighted by molar-refractivity contribution is 6.30. The fourth-order valence-corrected chi connectivity index (χ4v) is 1.75. The van der Waals surface area contributed by atoms with Gasteiger partial charge in [-0.1, -0.05) is 29.8 Å². The molecule has 2 aromatic rings. The summed E-state index contributed by atoms with van der Waals surface area (Å²) in [5.41, 5.74) is 3.31. The van der Waals surface area contributed by atoms with Crippen molar-refractivity contribution in [3.8, 4) is 0 Å². The molecule has 112 valence electrons. The molecule has 0 aliphatic rings. The number of hydrazone groups is 1. The summed E-state index contributed by atoms with van der Waals surface area (Å²) in [6, 6.07) is 12.0. The minimum Gasteiger partial charge on any atom is -0.342 e. The first-order chi connectivity index (χ1) is 10.6. The molecule has 6 nitrogen and oxygen atoms in total. The highest BCUT2D eigenvalue weighted by atomic mass is 35.5. The summed E-state index contributed by atoms with van der Waals surface area (Å²) in [4.78, 5) is 27.1. The molecule has 0 unspecified atom stereocenters. The van der Waals surface area contributed by atoms with Crippen molar-refractivity contribution in [1.29, 1.82) is 0 Å². The highest BCUT2D eigenvalue weighted by Crippen LogP contribution is 2.08. The lowest BCUT2D eigenvalue weighted by atomic mass is 10.2. The third kappa shape index (κ3) is 4.99. The smallest absolute Gasteiger partial charge is 0.270 e. The van der Waals surface area contributed by atoms with Gasteiger partial charge in [0, 0.05) is 11.2 Å². The Kier molecular flexibility index (Phi) is 5.62. The topological polar surface area (TPSA) is 83.5 Å². The lowest BCUT2D eigenvalue weighted by Crippen LogP contribution is -2.35. The van der Waals surface area contributed by atoms with E-state index in [0.29, 0.717) is 5.02 Å². The monoisotopic (exact) mass is 316 g/mol. The molecule has 0 saturated carbocycles. The van der Waals surface area contributed by atoms with E-state index in [9.17, 15) is 9.59 Å². The normalized spacial score (nSPS) is 10.4. The standard InChI is InChI=1S/C15H13ClN4O2/c16-12-5-3-4-11(8-12)9-19-20-14(21)10-18-15(22)13-6-1-2-7-17-13/h1-9H,10H2,(H,18,22)(H,20,21). The maximum Gasteiger partial charge on any atom is 0.270 e. The molecule has 0 atom stereocenters. The summed E-state index contributed by atoms with van der Waals surface area (Å²) in [5.74, 6) is -0.864. The Morgan fingerprint density at radius 3 is 2.82 bits per heavy atom. The van der Waals surface area contributed by atoms with Crippen molar-refractivity contribution in [1.82, 2.24) is 15.7 Å². The van der Waals surface area contributed by atoms with Gasteiger partial charge in [-0.3, -0.25) is 14.6 Å². The molecule has 22 heavy (non-hydrogen) atoms. The van der Waals surface area contributed by atoms with Crippen molar-refractivity contribution in [2.75, 3.05) is 6.54 Å².